The normalized spacial score (nSPS) is 22.2. The number of phenolic OH excluding ortho intramolecular Hbond substituents is 3. The Kier molecular flexibility index (Phi) is 2.54. The number of fused-ring (bicyclic) bond motifs is 1. The van der Waals surface area contributed by atoms with Crippen LogP contribution in [0, 0.1) is 0 Å². The zero-order valence-corrected chi connectivity index (χ0v) is 9.25. The van der Waals surface area contributed by atoms with E-state index in [0.717, 1.165) is 6.07 Å². The van der Waals surface area contributed by atoms with E-state index in [9.17, 15) is 24.9 Å². The maximum atomic E-state index is 11.6. The van der Waals surface area contributed by atoms with E-state index in [0.29, 0.717) is 0 Å². The summed E-state index contributed by atoms with van der Waals surface area (Å²) in [5.41, 5.74) is -0.207. The Balaban J connectivity index is 2.67. The quantitative estimate of drug-likeness (QED) is 0.425. The summed E-state index contributed by atoms with van der Waals surface area (Å²) >= 11 is 0. The molecule has 0 saturated carbocycles. The van der Waals surface area contributed by atoms with E-state index in [1.54, 1.807) is 0 Å². The number of phenols is 3. The Bertz CT molecular complexity index is 549. The van der Waals surface area contributed by atoms with Gasteiger partial charge < -0.3 is 25.2 Å². The van der Waals surface area contributed by atoms with Gasteiger partial charge in [-0.3, -0.25) is 0 Å². The number of aromatic hydroxyl groups is 3. The number of cyclic esters (lactones) is 1. The second kappa shape index (κ2) is 3.80. The van der Waals surface area contributed by atoms with Gasteiger partial charge in [0.15, 0.2) is 11.5 Å². The monoisotopic (exact) mass is 254 g/mol. The van der Waals surface area contributed by atoms with Crippen molar-refractivity contribution in [2.24, 2.45) is 0 Å². The van der Waals surface area contributed by atoms with Crippen molar-refractivity contribution >= 4 is 11.9 Å². The van der Waals surface area contributed by atoms with Crippen molar-refractivity contribution in [1.82, 2.24) is 0 Å². The van der Waals surface area contributed by atoms with Crippen molar-refractivity contribution in [2.45, 2.75) is 18.9 Å². The van der Waals surface area contributed by atoms with Gasteiger partial charge in [0, 0.05) is 11.5 Å². The van der Waals surface area contributed by atoms with Crippen LogP contribution in [0.3, 0.4) is 0 Å². The zero-order valence-electron chi connectivity index (χ0n) is 9.25. The molecule has 7 heteroatoms. The van der Waals surface area contributed by atoms with Crippen molar-refractivity contribution in [3.05, 3.63) is 17.2 Å². The van der Waals surface area contributed by atoms with Crippen LogP contribution in [0.2, 0.25) is 0 Å². The second-order valence-electron chi connectivity index (χ2n) is 4.01. The molecular formula is C11H10O7. The van der Waals surface area contributed by atoms with Gasteiger partial charge in [-0.1, -0.05) is 6.92 Å². The Morgan fingerprint density at radius 1 is 1.28 bits per heavy atom. The lowest BCUT2D eigenvalue weighted by atomic mass is 9.87. The molecule has 4 N–H and O–H groups in total. The molecule has 2 unspecified atom stereocenters. The largest absolute Gasteiger partial charge is 0.504 e. The smallest absolute Gasteiger partial charge is 0.345 e. The first-order valence-electron chi connectivity index (χ1n) is 5.06. The van der Waals surface area contributed by atoms with Crippen molar-refractivity contribution in [3.63, 3.8) is 0 Å². The molecule has 1 aromatic rings. The van der Waals surface area contributed by atoms with Gasteiger partial charge in [0.1, 0.15) is 0 Å². The SMILES string of the molecule is CC1c2c(cc(O)c(O)c2O)C(=O)OC1C(=O)O. The molecular weight excluding hydrogens is 244 g/mol. The van der Waals surface area contributed by atoms with Crippen LogP contribution >= 0.6 is 0 Å². The maximum Gasteiger partial charge on any atom is 0.345 e. The molecule has 1 heterocycles. The fourth-order valence-corrected chi connectivity index (χ4v) is 1.99. The average Bonchev–Trinajstić information content (AvgIpc) is 2.30. The molecule has 1 aliphatic heterocycles. The van der Waals surface area contributed by atoms with Gasteiger partial charge in [-0.05, 0) is 6.07 Å². The van der Waals surface area contributed by atoms with Gasteiger partial charge in [-0.2, -0.15) is 0 Å². The van der Waals surface area contributed by atoms with Crippen molar-refractivity contribution in [1.29, 1.82) is 0 Å². The second-order valence-corrected chi connectivity index (χ2v) is 4.01. The van der Waals surface area contributed by atoms with Gasteiger partial charge in [-0.15, -0.1) is 0 Å². The Hall–Kier alpha value is -2.44. The Morgan fingerprint density at radius 3 is 2.44 bits per heavy atom. The van der Waals surface area contributed by atoms with Crippen LogP contribution in [-0.4, -0.2) is 38.5 Å². The van der Waals surface area contributed by atoms with Gasteiger partial charge >= 0.3 is 11.9 Å². The van der Waals surface area contributed by atoms with Crippen molar-refractivity contribution in [3.8, 4) is 17.2 Å². The molecule has 0 spiro atoms. The van der Waals surface area contributed by atoms with E-state index in [4.69, 9.17) is 9.84 Å². The lowest BCUT2D eigenvalue weighted by Crippen LogP contribution is -2.36. The van der Waals surface area contributed by atoms with Crippen molar-refractivity contribution < 1.29 is 34.8 Å². The molecule has 0 aromatic heterocycles. The van der Waals surface area contributed by atoms with E-state index < -0.39 is 41.2 Å². The highest BCUT2D eigenvalue weighted by Crippen LogP contribution is 2.46. The average molecular weight is 254 g/mol. The van der Waals surface area contributed by atoms with E-state index in [1.807, 2.05) is 0 Å². The number of rotatable bonds is 1. The lowest BCUT2D eigenvalue weighted by Gasteiger charge is -2.28. The van der Waals surface area contributed by atoms with E-state index >= 15 is 0 Å². The van der Waals surface area contributed by atoms with E-state index in [-0.39, 0.29) is 11.1 Å². The molecule has 0 aliphatic carbocycles. The fraction of sp³-hybridized carbons (Fsp3) is 0.273. The number of carbonyl (C=O) groups is 2. The number of hydrogen-bond acceptors (Lipinski definition) is 6. The van der Waals surface area contributed by atoms with Crippen LogP contribution in [0.4, 0.5) is 0 Å². The third kappa shape index (κ3) is 1.52. The van der Waals surface area contributed by atoms with Gasteiger partial charge in [0.2, 0.25) is 11.9 Å². The van der Waals surface area contributed by atoms with Gasteiger partial charge in [-0.25, -0.2) is 9.59 Å². The summed E-state index contributed by atoms with van der Waals surface area (Å²) in [5.74, 6) is -5.35. The van der Waals surface area contributed by atoms with E-state index in [1.165, 1.54) is 6.92 Å². The molecule has 2 rings (SSSR count). The number of carboxylic acids is 1. The molecule has 0 radical (unpaired) electrons. The Labute approximate surface area is 101 Å². The summed E-state index contributed by atoms with van der Waals surface area (Å²) in [6.07, 6.45) is -1.44. The van der Waals surface area contributed by atoms with E-state index in [2.05, 4.69) is 0 Å². The molecule has 1 aliphatic rings. The minimum Gasteiger partial charge on any atom is -0.504 e. The van der Waals surface area contributed by atoms with Crippen LogP contribution in [0.5, 0.6) is 17.2 Å². The number of carbonyl (C=O) groups excluding carboxylic acids is 1. The van der Waals surface area contributed by atoms with Crippen molar-refractivity contribution in [2.75, 3.05) is 0 Å². The number of hydrogen-bond donors (Lipinski definition) is 4. The molecule has 18 heavy (non-hydrogen) atoms. The summed E-state index contributed by atoms with van der Waals surface area (Å²) in [6, 6.07) is 0.932. The summed E-state index contributed by atoms with van der Waals surface area (Å²) in [6.45, 7) is 1.43. The molecule has 2 atom stereocenters. The van der Waals surface area contributed by atoms with Crippen LogP contribution in [0.15, 0.2) is 6.07 Å². The third-order valence-electron chi connectivity index (χ3n) is 2.90. The first-order chi connectivity index (χ1) is 8.34. The highest BCUT2D eigenvalue weighted by atomic mass is 16.6. The first kappa shape index (κ1) is 12.0. The summed E-state index contributed by atoms with van der Waals surface area (Å²) < 4.78 is 4.69. The molecule has 0 amide bonds. The molecule has 0 saturated heterocycles. The predicted octanol–water partition coefficient (Wildman–Crippen LogP) is 0.530. The third-order valence-corrected chi connectivity index (χ3v) is 2.90. The predicted molar refractivity (Wildman–Crippen MR) is 56.7 cm³/mol. The molecule has 1 aromatic carbocycles. The number of carboxylic acid groups (broad SMARTS) is 1. The minimum atomic E-state index is -1.44. The zero-order chi connectivity index (χ0) is 13.6. The summed E-state index contributed by atoms with van der Waals surface area (Å²) in [4.78, 5) is 22.5. The van der Waals surface area contributed by atoms with Gasteiger partial charge in [0.25, 0.3) is 0 Å². The lowest BCUT2D eigenvalue weighted by molar-refractivity contribution is -0.148. The highest BCUT2D eigenvalue weighted by molar-refractivity contribution is 5.97. The summed E-state index contributed by atoms with van der Waals surface area (Å²) in [5, 5.41) is 37.3. The van der Waals surface area contributed by atoms with Crippen LogP contribution in [0.1, 0.15) is 28.8 Å². The number of ether oxygens (including phenoxy) is 1. The van der Waals surface area contributed by atoms with Gasteiger partial charge in [0.05, 0.1) is 5.56 Å². The molecule has 7 nitrogen and oxygen atoms in total. The number of benzene rings is 1. The highest BCUT2D eigenvalue weighted by Gasteiger charge is 2.40. The molecule has 0 fully saturated rings. The Morgan fingerprint density at radius 2 is 1.89 bits per heavy atom. The topological polar surface area (TPSA) is 124 Å². The van der Waals surface area contributed by atoms with Crippen LogP contribution < -0.4 is 0 Å². The minimum absolute atomic E-state index is 0.0473. The maximum absolute atomic E-state index is 11.6. The fourth-order valence-electron chi connectivity index (χ4n) is 1.99. The summed E-state index contributed by atoms with van der Waals surface area (Å²) in [7, 11) is 0. The standard InChI is InChI=1S/C11H10O7/c1-3-6-4(2-5(12)7(13)8(6)14)11(17)18-9(3)10(15)16/h2-3,9,12-14H,1H3,(H,15,16). The molecule has 96 valence electrons. The molecule has 0 bridgehead atoms. The number of aliphatic carboxylic acids is 1. The number of esters is 1. The first-order valence-corrected chi connectivity index (χ1v) is 5.06. The van der Waals surface area contributed by atoms with Crippen LogP contribution in [0.25, 0.3) is 0 Å². The van der Waals surface area contributed by atoms with Crippen LogP contribution in [-0.2, 0) is 9.53 Å².